The van der Waals surface area contributed by atoms with Crippen LogP contribution in [0.5, 0.6) is 5.75 Å². The van der Waals surface area contributed by atoms with Crippen LogP contribution in [0.2, 0.25) is 0 Å². The summed E-state index contributed by atoms with van der Waals surface area (Å²) in [6.07, 6.45) is -0.400. The van der Waals surface area contributed by atoms with Crippen LogP contribution in [0, 0.1) is 0 Å². The largest absolute Gasteiger partial charge is 0.483 e. The number of rotatable bonds is 3. The molecule has 0 amide bonds. The molecule has 0 aliphatic heterocycles. The summed E-state index contributed by atoms with van der Waals surface area (Å²) in [5.41, 5.74) is 0. The third kappa shape index (κ3) is 2.86. The molecule has 2 aromatic rings. The van der Waals surface area contributed by atoms with E-state index in [9.17, 15) is 4.79 Å². The summed E-state index contributed by atoms with van der Waals surface area (Å²) in [6, 6.07) is 11.9. The molecule has 0 heterocycles. The van der Waals surface area contributed by atoms with Crippen molar-refractivity contribution in [2.75, 3.05) is 0 Å². The monoisotopic (exact) mass is 292 g/mol. The summed E-state index contributed by atoms with van der Waals surface area (Å²) >= 11 is 3.43. The van der Waals surface area contributed by atoms with E-state index in [4.69, 9.17) is 4.74 Å². The van der Waals surface area contributed by atoms with Crippen molar-refractivity contribution < 1.29 is 9.53 Å². The molecule has 1 atom stereocenters. The molecule has 2 rings (SSSR count). The Morgan fingerprint density at radius 1 is 1.18 bits per heavy atom. The average Bonchev–Trinajstić information content (AvgIpc) is 2.29. The first-order valence-electron chi connectivity index (χ1n) is 5.43. The number of carbonyl (C=O) groups is 1. The molecular weight excluding hydrogens is 280 g/mol. The van der Waals surface area contributed by atoms with Crippen LogP contribution in [0.3, 0.4) is 0 Å². The fourth-order valence-electron chi connectivity index (χ4n) is 1.56. The SMILES string of the molecule is CC(=O)C(C)Oc1ccc2cc(Br)ccc2c1. The highest BCUT2D eigenvalue weighted by Crippen LogP contribution is 2.24. The van der Waals surface area contributed by atoms with Gasteiger partial charge in [-0.1, -0.05) is 28.1 Å². The summed E-state index contributed by atoms with van der Waals surface area (Å²) in [5.74, 6) is 0.753. The number of halogens is 1. The lowest BCUT2D eigenvalue weighted by atomic mass is 10.1. The van der Waals surface area contributed by atoms with Gasteiger partial charge < -0.3 is 4.74 Å². The number of benzene rings is 2. The summed E-state index contributed by atoms with van der Waals surface area (Å²) in [5, 5.41) is 2.24. The maximum Gasteiger partial charge on any atom is 0.169 e. The minimum absolute atomic E-state index is 0.0286. The second kappa shape index (κ2) is 4.88. The highest BCUT2D eigenvalue weighted by atomic mass is 79.9. The molecule has 0 N–H and O–H groups in total. The quantitative estimate of drug-likeness (QED) is 0.856. The number of Topliss-reactive ketones (excluding diaryl/α,β-unsaturated/α-hetero) is 1. The van der Waals surface area contributed by atoms with Gasteiger partial charge in [0.1, 0.15) is 5.75 Å². The number of hydrogen-bond donors (Lipinski definition) is 0. The Labute approximate surface area is 109 Å². The minimum Gasteiger partial charge on any atom is -0.483 e. The fourth-order valence-corrected chi connectivity index (χ4v) is 1.93. The van der Waals surface area contributed by atoms with Gasteiger partial charge in [0.25, 0.3) is 0 Å². The van der Waals surface area contributed by atoms with Crippen molar-refractivity contribution in [2.45, 2.75) is 20.0 Å². The molecule has 0 saturated heterocycles. The molecule has 0 saturated carbocycles. The third-order valence-corrected chi connectivity index (χ3v) is 3.15. The number of carbonyl (C=O) groups excluding carboxylic acids is 1. The molecule has 2 aromatic carbocycles. The first kappa shape index (κ1) is 12.1. The highest BCUT2D eigenvalue weighted by molar-refractivity contribution is 9.10. The zero-order valence-electron chi connectivity index (χ0n) is 9.74. The molecule has 1 unspecified atom stereocenters. The van der Waals surface area contributed by atoms with Crippen LogP contribution >= 0.6 is 15.9 Å². The molecule has 88 valence electrons. The van der Waals surface area contributed by atoms with Gasteiger partial charge in [-0.3, -0.25) is 4.79 Å². The van der Waals surface area contributed by atoms with Crippen LogP contribution in [0.25, 0.3) is 10.8 Å². The van der Waals surface area contributed by atoms with E-state index < -0.39 is 6.10 Å². The van der Waals surface area contributed by atoms with Crippen molar-refractivity contribution in [1.29, 1.82) is 0 Å². The number of fused-ring (bicyclic) bond motifs is 1. The van der Waals surface area contributed by atoms with Gasteiger partial charge in [0, 0.05) is 4.47 Å². The average molecular weight is 293 g/mol. The lowest BCUT2D eigenvalue weighted by Crippen LogP contribution is -2.20. The van der Waals surface area contributed by atoms with Crippen molar-refractivity contribution in [3.8, 4) is 5.75 Å². The molecule has 17 heavy (non-hydrogen) atoms. The predicted octanol–water partition coefficient (Wildman–Crippen LogP) is 3.96. The van der Waals surface area contributed by atoms with Crippen molar-refractivity contribution >= 4 is 32.5 Å². The minimum atomic E-state index is -0.400. The lowest BCUT2D eigenvalue weighted by Gasteiger charge is -2.12. The van der Waals surface area contributed by atoms with E-state index >= 15 is 0 Å². The van der Waals surface area contributed by atoms with Gasteiger partial charge in [-0.25, -0.2) is 0 Å². The topological polar surface area (TPSA) is 26.3 Å². The summed E-state index contributed by atoms with van der Waals surface area (Å²) < 4.78 is 6.60. The predicted molar refractivity (Wildman–Crippen MR) is 72.4 cm³/mol. The van der Waals surface area contributed by atoms with E-state index in [0.29, 0.717) is 0 Å². The zero-order chi connectivity index (χ0) is 12.4. The first-order valence-corrected chi connectivity index (χ1v) is 6.22. The molecule has 0 fully saturated rings. The Bertz CT molecular complexity index is 563. The molecule has 0 bridgehead atoms. The second-order valence-corrected chi connectivity index (χ2v) is 4.94. The van der Waals surface area contributed by atoms with Crippen molar-refractivity contribution in [2.24, 2.45) is 0 Å². The second-order valence-electron chi connectivity index (χ2n) is 4.02. The Morgan fingerprint density at radius 3 is 2.53 bits per heavy atom. The molecule has 3 heteroatoms. The summed E-state index contributed by atoms with van der Waals surface area (Å²) in [4.78, 5) is 11.1. The maximum absolute atomic E-state index is 11.1. The summed E-state index contributed by atoms with van der Waals surface area (Å²) in [7, 11) is 0. The van der Waals surface area contributed by atoms with Crippen molar-refractivity contribution in [3.63, 3.8) is 0 Å². The van der Waals surface area contributed by atoms with Gasteiger partial charge in [-0.2, -0.15) is 0 Å². The van der Waals surface area contributed by atoms with E-state index in [-0.39, 0.29) is 5.78 Å². The van der Waals surface area contributed by atoms with Gasteiger partial charge in [-0.05, 0) is 48.9 Å². The third-order valence-electron chi connectivity index (χ3n) is 2.66. The van der Waals surface area contributed by atoms with Gasteiger partial charge in [0.2, 0.25) is 0 Å². The molecule has 0 aliphatic carbocycles. The highest BCUT2D eigenvalue weighted by Gasteiger charge is 2.09. The van der Waals surface area contributed by atoms with Crippen LogP contribution in [0.4, 0.5) is 0 Å². The Morgan fingerprint density at radius 2 is 1.82 bits per heavy atom. The van der Waals surface area contributed by atoms with Crippen LogP contribution in [-0.2, 0) is 4.79 Å². The Hall–Kier alpha value is -1.35. The van der Waals surface area contributed by atoms with E-state index in [1.54, 1.807) is 6.92 Å². The van der Waals surface area contributed by atoms with Gasteiger partial charge in [0.15, 0.2) is 11.9 Å². The van der Waals surface area contributed by atoms with E-state index in [2.05, 4.69) is 15.9 Å². The zero-order valence-corrected chi connectivity index (χ0v) is 11.3. The normalized spacial score (nSPS) is 12.4. The first-order chi connectivity index (χ1) is 8.06. The lowest BCUT2D eigenvalue weighted by molar-refractivity contribution is -0.122. The van der Waals surface area contributed by atoms with Crippen LogP contribution in [-0.4, -0.2) is 11.9 Å². The summed E-state index contributed by atoms with van der Waals surface area (Å²) in [6.45, 7) is 3.29. The van der Waals surface area contributed by atoms with Gasteiger partial charge >= 0.3 is 0 Å². The smallest absolute Gasteiger partial charge is 0.169 e. The number of ether oxygens (including phenoxy) is 1. The number of hydrogen-bond acceptors (Lipinski definition) is 2. The van der Waals surface area contributed by atoms with Crippen molar-refractivity contribution in [1.82, 2.24) is 0 Å². The molecule has 0 aromatic heterocycles. The Balaban J connectivity index is 2.32. The maximum atomic E-state index is 11.1. The molecule has 0 spiro atoms. The molecular formula is C14H13BrO2. The fraction of sp³-hybridized carbons (Fsp3) is 0.214. The molecule has 2 nitrogen and oxygen atoms in total. The van der Waals surface area contributed by atoms with Crippen molar-refractivity contribution in [3.05, 3.63) is 40.9 Å². The van der Waals surface area contributed by atoms with E-state index in [1.807, 2.05) is 36.4 Å². The standard InChI is InChI=1S/C14H13BrO2/c1-9(16)10(2)17-14-6-4-11-7-13(15)5-3-12(11)8-14/h3-8,10H,1-2H3. The molecule has 0 radical (unpaired) electrons. The van der Waals surface area contributed by atoms with E-state index in [0.717, 1.165) is 21.0 Å². The van der Waals surface area contributed by atoms with Crippen LogP contribution in [0.15, 0.2) is 40.9 Å². The number of ketones is 1. The molecule has 0 aliphatic rings. The Kier molecular flexibility index (Phi) is 3.48. The van der Waals surface area contributed by atoms with Gasteiger partial charge in [-0.15, -0.1) is 0 Å². The van der Waals surface area contributed by atoms with Crippen LogP contribution in [0.1, 0.15) is 13.8 Å². The van der Waals surface area contributed by atoms with Gasteiger partial charge in [0.05, 0.1) is 0 Å². The van der Waals surface area contributed by atoms with Crippen LogP contribution < -0.4 is 4.74 Å². The van der Waals surface area contributed by atoms with E-state index in [1.165, 1.54) is 6.92 Å².